The van der Waals surface area contributed by atoms with Crippen molar-refractivity contribution < 1.29 is 4.74 Å². The van der Waals surface area contributed by atoms with Crippen molar-refractivity contribution in [2.45, 2.75) is 0 Å². The van der Waals surface area contributed by atoms with Crippen LogP contribution in [0.3, 0.4) is 0 Å². The molecule has 0 unspecified atom stereocenters. The molecular weight excluding hydrogens is 170 g/mol. The number of rotatable bonds is 4. The number of thioether (sulfide) groups is 1. The van der Waals surface area contributed by atoms with Crippen molar-refractivity contribution in [1.29, 1.82) is 0 Å². The summed E-state index contributed by atoms with van der Waals surface area (Å²) in [5.41, 5.74) is 0. The Labute approximate surface area is 78.6 Å². The van der Waals surface area contributed by atoms with Gasteiger partial charge in [0.2, 0.25) is 0 Å². The Kier molecular flexibility index (Phi) is 5.25. The molecule has 0 aromatic rings. The van der Waals surface area contributed by atoms with Gasteiger partial charge in [-0.3, -0.25) is 4.90 Å². The van der Waals surface area contributed by atoms with E-state index in [1.165, 1.54) is 0 Å². The van der Waals surface area contributed by atoms with E-state index in [-0.39, 0.29) is 0 Å². The summed E-state index contributed by atoms with van der Waals surface area (Å²) >= 11 is 1.83. The maximum Gasteiger partial charge on any atom is 0.0594 e. The molecular formula is C9H15NOS. The van der Waals surface area contributed by atoms with Gasteiger partial charge in [-0.15, -0.1) is 18.2 Å². The van der Waals surface area contributed by atoms with Crippen molar-refractivity contribution in [2.24, 2.45) is 0 Å². The van der Waals surface area contributed by atoms with E-state index in [2.05, 4.69) is 10.8 Å². The number of hydrogen-bond donors (Lipinski definition) is 0. The van der Waals surface area contributed by atoms with Gasteiger partial charge in [0.25, 0.3) is 0 Å². The van der Waals surface area contributed by atoms with E-state index < -0.39 is 0 Å². The minimum absolute atomic E-state index is 0.838. The van der Waals surface area contributed by atoms with Crippen LogP contribution in [-0.4, -0.2) is 49.3 Å². The normalized spacial score (nSPS) is 18.9. The zero-order valence-electron chi connectivity index (χ0n) is 7.29. The third kappa shape index (κ3) is 4.01. The molecule has 0 saturated carbocycles. The maximum absolute atomic E-state index is 5.25. The van der Waals surface area contributed by atoms with E-state index in [9.17, 15) is 0 Å². The number of terminal acetylenes is 1. The van der Waals surface area contributed by atoms with Gasteiger partial charge in [-0.25, -0.2) is 0 Å². The van der Waals surface area contributed by atoms with E-state index in [0.29, 0.717) is 0 Å². The molecule has 0 amide bonds. The third-order valence-corrected chi connectivity index (χ3v) is 2.68. The molecule has 1 heterocycles. The number of morpholine rings is 1. The fourth-order valence-electron chi connectivity index (χ4n) is 1.15. The number of ether oxygens (including phenoxy) is 1. The van der Waals surface area contributed by atoms with Crippen molar-refractivity contribution in [3.05, 3.63) is 0 Å². The first-order valence-electron chi connectivity index (χ1n) is 4.25. The first-order chi connectivity index (χ1) is 5.93. The smallest absolute Gasteiger partial charge is 0.0594 e. The Morgan fingerprint density at radius 3 is 2.83 bits per heavy atom. The van der Waals surface area contributed by atoms with Crippen LogP contribution in [0.4, 0.5) is 0 Å². The molecule has 1 fully saturated rings. The van der Waals surface area contributed by atoms with Crippen LogP contribution in [0.25, 0.3) is 0 Å². The summed E-state index contributed by atoms with van der Waals surface area (Å²) in [6.07, 6.45) is 5.14. The lowest BCUT2D eigenvalue weighted by molar-refractivity contribution is 0.0410. The monoisotopic (exact) mass is 185 g/mol. The Morgan fingerprint density at radius 1 is 1.42 bits per heavy atom. The summed E-state index contributed by atoms with van der Waals surface area (Å²) in [7, 11) is 0. The first kappa shape index (κ1) is 9.91. The minimum Gasteiger partial charge on any atom is -0.379 e. The number of nitrogens with zero attached hydrogens (tertiary/aromatic N) is 1. The number of hydrogen-bond acceptors (Lipinski definition) is 3. The summed E-state index contributed by atoms with van der Waals surface area (Å²) in [5, 5.41) is 0. The summed E-state index contributed by atoms with van der Waals surface area (Å²) in [6.45, 7) is 5.09. The molecule has 2 nitrogen and oxygen atoms in total. The molecule has 0 aromatic heterocycles. The lowest BCUT2D eigenvalue weighted by atomic mass is 10.4. The van der Waals surface area contributed by atoms with E-state index in [4.69, 9.17) is 11.2 Å². The van der Waals surface area contributed by atoms with Crippen molar-refractivity contribution >= 4 is 11.8 Å². The molecule has 1 aliphatic heterocycles. The summed E-state index contributed by atoms with van der Waals surface area (Å²) in [4.78, 5) is 2.42. The predicted molar refractivity (Wildman–Crippen MR) is 53.4 cm³/mol. The SMILES string of the molecule is C#CCSCCN1CCOCC1. The molecule has 1 aliphatic rings. The fourth-order valence-corrected chi connectivity index (χ4v) is 1.80. The van der Waals surface area contributed by atoms with E-state index in [0.717, 1.165) is 44.4 Å². The molecule has 0 spiro atoms. The highest BCUT2D eigenvalue weighted by atomic mass is 32.2. The van der Waals surface area contributed by atoms with Gasteiger partial charge in [-0.2, -0.15) is 0 Å². The predicted octanol–water partition coefficient (Wildman–Crippen LogP) is 0.685. The standard InChI is InChI=1S/C9H15NOS/c1-2-8-12-9-5-10-3-6-11-7-4-10/h1H,3-9H2. The lowest BCUT2D eigenvalue weighted by Crippen LogP contribution is -2.37. The van der Waals surface area contributed by atoms with Crippen LogP contribution in [0.1, 0.15) is 0 Å². The maximum atomic E-state index is 5.25. The van der Waals surface area contributed by atoms with Crippen molar-refractivity contribution in [1.82, 2.24) is 4.90 Å². The molecule has 1 saturated heterocycles. The van der Waals surface area contributed by atoms with E-state index >= 15 is 0 Å². The highest BCUT2D eigenvalue weighted by molar-refractivity contribution is 7.99. The highest BCUT2D eigenvalue weighted by Gasteiger charge is 2.08. The van der Waals surface area contributed by atoms with Gasteiger partial charge in [0, 0.05) is 25.4 Å². The van der Waals surface area contributed by atoms with Gasteiger partial charge in [0.15, 0.2) is 0 Å². The van der Waals surface area contributed by atoms with Gasteiger partial charge >= 0.3 is 0 Å². The van der Waals surface area contributed by atoms with Crippen molar-refractivity contribution in [3.8, 4) is 12.3 Å². The Hall–Kier alpha value is -0.170. The van der Waals surface area contributed by atoms with E-state index in [1.54, 1.807) is 0 Å². The quantitative estimate of drug-likeness (QED) is 0.472. The Balaban J connectivity index is 1.95. The molecule has 0 N–H and O–H groups in total. The molecule has 3 heteroatoms. The zero-order valence-corrected chi connectivity index (χ0v) is 8.11. The summed E-state index contributed by atoms with van der Waals surface area (Å²) < 4.78 is 5.25. The van der Waals surface area contributed by atoms with Crippen LogP contribution < -0.4 is 0 Å². The van der Waals surface area contributed by atoms with Crippen LogP contribution in [0.5, 0.6) is 0 Å². The minimum atomic E-state index is 0.838. The molecule has 0 aliphatic carbocycles. The molecule has 0 bridgehead atoms. The molecule has 0 radical (unpaired) electrons. The van der Waals surface area contributed by atoms with Gasteiger partial charge in [-0.05, 0) is 0 Å². The average Bonchev–Trinajstić information content (AvgIpc) is 2.14. The van der Waals surface area contributed by atoms with Crippen LogP contribution in [-0.2, 0) is 4.74 Å². The highest BCUT2D eigenvalue weighted by Crippen LogP contribution is 2.02. The second kappa shape index (κ2) is 6.36. The van der Waals surface area contributed by atoms with Gasteiger partial charge < -0.3 is 4.74 Å². The van der Waals surface area contributed by atoms with Crippen LogP contribution in [0.15, 0.2) is 0 Å². The summed E-state index contributed by atoms with van der Waals surface area (Å²) in [5.74, 6) is 4.61. The van der Waals surface area contributed by atoms with Gasteiger partial charge in [0.1, 0.15) is 0 Å². The third-order valence-electron chi connectivity index (χ3n) is 1.84. The van der Waals surface area contributed by atoms with Gasteiger partial charge in [0.05, 0.1) is 19.0 Å². The Bertz CT molecular complexity index is 149. The zero-order chi connectivity index (χ0) is 8.65. The second-order valence-corrected chi connectivity index (χ2v) is 3.82. The molecule has 1 rings (SSSR count). The van der Waals surface area contributed by atoms with Crippen LogP contribution in [0.2, 0.25) is 0 Å². The van der Waals surface area contributed by atoms with Crippen LogP contribution in [0, 0.1) is 12.3 Å². The summed E-state index contributed by atoms with van der Waals surface area (Å²) in [6, 6.07) is 0. The first-order valence-corrected chi connectivity index (χ1v) is 5.40. The lowest BCUT2D eigenvalue weighted by Gasteiger charge is -2.26. The van der Waals surface area contributed by atoms with Gasteiger partial charge in [-0.1, -0.05) is 5.92 Å². The topological polar surface area (TPSA) is 12.5 Å². The molecule has 0 aromatic carbocycles. The second-order valence-electron chi connectivity index (χ2n) is 2.71. The molecule has 0 atom stereocenters. The van der Waals surface area contributed by atoms with Crippen molar-refractivity contribution in [2.75, 3.05) is 44.4 Å². The van der Waals surface area contributed by atoms with Crippen molar-refractivity contribution in [3.63, 3.8) is 0 Å². The Morgan fingerprint density at radius 2 is 2.17 bits per heavy atom. The van der Waals surface area contributed by atoms with Crippen LogP contribution >= 0.6 is 11.8 Å². The fraction of sp³-hybridized carbons (Fsp3) is 0.778. The van der Waals surface area contributed by atoms with E-state index in [1.807, 2.05) is 11.8 Å². The largest absolute Gasteiger partial charge is 0.379 e. The molecule has 68 valence electrons. The molecule has 12 heavy (non-hydrogen) atoms. The average molecular weight is 185 g/mol.